The Hall–Kier alpha value is -0.710. The van der Waals surface area contributed by atoms with Crippen molar-refractivity contribution in [3.05, 3.63) is 28.8 Å². The zero-order chi connectivity index (χ0) is 12.8. The summed E-state index contributed by atoms with van der Waals surface area (Å²) in [6.07, 6.45) is -0.532. The first-order valence-electron chi connectivity index (χ1n) is 5.41. The lowest BCUT2D eigenvalue weighted by molar-refractivity contribution is -0.118. The standard InChI is InChI=1S/C12H16ClNO2S/c1-3-14-12(16)7-17-11-5-4-9(8(2)15)6-10(11)13/h4-6,8,15H,3,7H2,1-2H3,(H,14,16)/t8-/m0/s1. The number of hydrogen-bond acceptors (Lipinski definition) is 3. The molecular formula is C12H16ClNO2S. The van der Waals surface area contributed by atoms with Gasteiger partial charge in [-0.05, 0) is 31.5 Å². The van der Waals surface area contributed by atoms with E-state index in [-0.39, 0.29) is 5.91 Å². The average molecular weight is 274 g/mol. The van der Waals surface area contributed by atoms with Crippen LogP contribution in [0, 0.1) is 0 Å². The van der Waals surface area contributed by atoms with Gasteiger partial charge in [-0.1, -0.05) is 17.7 Å². The minimum absolute atomic E-state index is 0.00632. The monoisotopic (exact) mass is 273 g/mol. The van der Waals surface area contributed by atoms with Crippen LogP contribution in [0.15, 0.2) is 23.1 Å². The number of aliphatic hydroxyl groups excluding tert-OH is 1. The van der Waals surface area contributed by atoms with Crippen LogP contribution in [0.2, 0.25) is 5.02 Å². The highest BCUT2D eigenvalue weighted by Crippen LogP contribution is 2.29. The predicted molar refractivity (Wildman–Crippen MR) is 71.5 cm³/mol. The summed E-state index contributed by atoms with van der Waals surface area (Å²) in [4.78, 5) is 12.1. The molecule has 0 aliphatic heterocycles. The summed E-state index contributed by atoms with van der Waals surface area (Å²) in [6.45, 7) is 4.20. The van der Waals surface area contributed by atoms with E-state index in [1.165, 1.54) is 11.8 Å². The molecule has 0 unspecified atom stereocenters. The molecular weight excluding hydrogens is 258 g/mol. The van der Waals surface area contributed by atoms with Crippen molar-refractivity contribution < 1.29 is 9.90 Å². The molecule has 0 saturated heterocycles. The fourth-order valence-corrected chi connectivity index (χ4v) is 2.39. The van der Waals surface area contributed by atoms with Crippen molar-refractivity contribution in [3.63, 3.8) is 0 Å². The normalized spacial score (nSPS) is 12.2. The first kappa shape index (κ1) is 14.4. The van der Waals surface area contributed by atoms with Crippen molar-refractivity contribution in [1.82, 2.24) is 5.32 Å². The van der Waals surface area contributed by atoms with E-state index < -0.39 is 6.10 Å². The molecule has 0 saturated carbocycles. The van der Waals surface area contributed by atoms with Gasteiger partial charge in [0.05, 0.1) is 16.9 Å². The van der Waals surface area contributed by atoms with E-state index >= 15 is 0 Å². The van der Waals surface area contributed by atoms with Crippen LogP contribution in [0.3, 0.4) is 0 Å². The van der Waals surface area contributed by atoms with Crippen molar-refractivity contribution >= 4 is 29.3 Å². The maximum atomic E-state index is 11.3. The van der Waals surface area contributed by atoms with Crippen molar-refractivity contribution in [2.45, 2.75) is 24.8 Å². The van der Waals surface area contributed by atoms with Gasteiger partial charge in [0.15, 0.2) is 0 Å². The van der Waals surface area contributed by atoms with Crippen LogP contribution >= 0.6 is 23.4 Å². The van der Waals surface area contributed by atoms with Crippen LogP contribution in [-0.4, -0.2) is 23.3 Å². The number of hydrogen-bond donors (Lipinski definition) is 2. The van der Waals surface area contributed by atoms with Gasteiger partial charge in [-0.25, -0.2) is 0 Å². The summed E-state index contributed by atoms with van der Waals surface area (Å²) in [6, 6.07) is 5.37. The van der Waals surface area contributed by atoms with Gasteiger partial charge < -0.3 is 10.4 Å². The van der Waals surface area contributed by atoms with Gasteiger partial charge in [-0.15, -0.1) is 11.8 Å². The fraction of sp³-hybridized carbons (Fsp3) is 0.417. The van der Waals surface area contributed by atoms with Gasteiger partial charge in [0.1, 0.15) is 0 Å². The molecule has 17 heavy (non-hydrogen) atoms. The third-order valence-electron chi connectivity index (χ3n) is 2.17. The van der Waals surface area contributed by atoms with E-state index in [9.17, 15) is 9.90 Å². The molecule has 0 bridgehead atoms. The van der Waals surface area contributed by atoms with Gasteiger partial charge >= 0.3 is 0 Å². The largest absolute Gasteiger partial charge is 0.389 e. The van der Waals surface area contributed by atoms with Gasteiger partial charge in [0.25, 0.3) is 0 Å². The summed E-state index contributed by atoms with van der Waals surface area (Å²) in [5.41, 5.74) is 0.775. The minimum Gasteiger partial charge on any atom is -0.389 e. The molecule has 0 heterocycles. The first-order chi connectivity index (χ1) is 8.04. The summed E-state index contributed by atoms with van der Waals surface area (Å²) in [5.74, 6) is 0.342. The Balaban J connectivity index is 2.63. The Kier molecular flexibility index (Phi) is 5.82. The second-order valence-electron chi connectivity index (χ2n) is 3.61. The van der Waals surface area contributed by atoms with Crippen molar-refractivity contribution in [1.29, 1.82) is 0 Å². The lowest BCUT2D eigenvalue weighted by atomic mass is 10.1. The molecule has 0 aliphatic rings. The number of rotatable bonds is 5. The Morgan fingerprint density at radius 2 is 2.29 bits per heavy atom. The maximum Gasteiger partial charge on any atom is 0.230 e. The number of carbonyl (C=O) groups excluding carboxylic acids is 1. The number of thioether (sulfide) groups is 1. The average Bonchev–Trinajstić information content (AvgIpc) is 2.27. The number of benzene rings is 1. The minimum atomic E-state index is -0.532. The van der Waals surface area contributed by atoms with Gasteiger partial charge in [0.2, 0.25) is 5.91 Å². The van der Waals surface area contributed by atoms with Crippen molar-refractivity contribution in [2.75, 3.05) is 12.3 Å². The van der Waals surface area contributed by atoms with E-state index in [0.29, 0.717) is 17.3 Å². The predicted octanol–water partition coefficient (Wildman–Crippen LogP) is 2.62. The molecule has 0 aromatic heterocycles. The zero-order valence-electron chi connectivity index (χ0n) is 9.87. The molecule has 1 aromatic rings. The van der Waals surface area contributed by atoms with Crippen LogP contribution in [0.25, 0.3) is 0 Å². The smallest absolute Gasteiger partial charge is 0.230 e. The SMILES string of the molecule is CCNC(=O)CSc1ccc([C@H](C)O)cc1Cl. The van der Waals surface area contributed by atoms with Crippen LogP contribution in [-0.2, 0) is 4.79 Å². The Morgan fingerprint density at radius 1 is 1.59 bits per heavy atom. The Morgan fingerprint density at radius 3 is 2.82 bits per heavy atom. The molecule has 1 aromatic carbocycles. The highest BCUT2D eigenvalue weighted by molar-refractivity contribution is 8.00. The molecule has 2 N–H and O–H groups in total. The number of amides is 1. The zero-order valence-corrected chi connectivity index (χ0v) is 11.4. The molecule has 1 amide bonds. The maximum absolute atomic E-state index is 11.3. The molecule has 1 rings (SSSR count). The van der Waals surface area contributed by atoms with E-state index in [1.54, 1.807) is 13.0 Å². The molecule has 3 nitrogen and oxygen atoms in total. The second kappa shape index (κ2) is 6.89. The topological polar surface area (TPSA) is 49.3 Å². The van der Waals surface area contributed by atoms with E-state index in [1.807, 2.05) is 19.1 Å². The van der Waals surface area contributed by atoms with Crippen molar-refractivity contribution in [2.24, 2.45) is 0 Å². The molecule has 0 fully saturated rings. The van der Waals surface area contributed by atoms with Crippen LogP contribution in [0.4, 0.5) is 0 Å². The van der Waals surface area contributed by atoms with Crippen molar-refractivity contribution in [3.8, 4) is 0 Å². The summed E-state index contributed by atoms with van der Waals surface area (Å²) in [5, 5.41) is 12.7. The molecule has 1 atom stereocenters. The summed E-state index contributed by atoms with van der Waals surface area (Å²) < 4.78 is 0. The lowest BCUT2D eigenvalue weighted by Crippen LogP contribution is -2.24. The Bertz CT molecular complexity index is 396. The van der Waals surface area contributed by atoms with Crippen LogP contribution in [0.5, 0.6) is 0 Å². The third-order valence-corrected chi connectivity index (χ3v) is 3.67. The van der Waals surface area contributed by atoms with Gasteiger partial charge in [-0.3, -0.25) is 4.79 Å². The number of carbonyl (C=O) groups is 1. The first-order valence-corrected chi connectivity index (χ1v) is 6.78. The molecule has 94 valence electrons. The summed E-state index contributed by atoms with van der Waals surface area (Å²) in [7, 11) is 0. The second-order valence-corrected chi connectivity index (χ2v) is 5.03. The fourth-order valence-electron chi connectivity index (χ4n) is 1.29. The number of nitrogens with one attached hydrogen (secondary N) is 1. The van der Waals surface area contributed by atoms with Crippen LogP contribution < -0.4 is 5.32 Å². The number of halogens is 1. The molecule has 0 aliphatic carbocycles. The molecule has 0 radical (unpaired) electrons. The third kappa shape index (κ3) is 4.58. The van der Waals surface area contributed by atoms with E-state index in [2.05, 4.69) is 5.32 Å². The quantitative estimate of drug-likeness (QED) is 0.811. The van der Waals surface area contributed by atoms with Crippen LogP contribution in [0.1, 0.15) is 25.5 Å². The number of aliphatic hydroxyl groups is 1. The highest BCUT2D eigenvalue weighted by atomic mass is 35.5. The summed E-state index contributed by atoms with van der Waals surface area (Å²) >= 11 is 7.46. The highest BCUT2D eigenvalue weighted by Gasteiger charge is 2.08. The molecule has 0 spiro atoms. The Labute approximate surface area is 111 Å². The van der Waals surface area contributed by atoms with E-state index in [0.717, 1.165) is 10.5 Å². The van der Waals surface area contributed by atoms with Gasteiger partial charge in [-0.2, -0.15) is 0 Å². The lowest BCUT2D eigenvalue weighted by Gasteiger charge is -2.08. The molecule has 5 heteroatoms. The van der Waals surface area contributed by atoms with E-state index in [4.69, 9.17) is 11.6 Å². The van der Waals surface area contributed by atoms with Gasteiger partial charge in [0, 0.05) is 11.4 Å².